The van der Waals surface area contributed by atoms with Crippen LogP contribution in [-0.4, -0.2) is 4.92 Å². The SMILES string of the molecule is N#CCc1cc(C#N)c([N+](=O)[O-])c(C(F)(F)F)c1. The van der Waals surface area contributed by atoms with Crippen LogP contribution in [0.1, 0.15) is 16.7 Å². The van der Waals surface area contributed by atoms with Gasteiger partial charge in [-0.3, -0.25) is 10.1 Å². The minimum atomic E-state index is -4.96. The van der Waals surface area contributed by atoms with E-state index in [2.05, 4.69) is 0 Å². The molecule has 0 saturated heterocycles. The molecule has 0 atom stereocenters. The Bertz CT molecular complexity index is 582. The van der Waals surface area contributed by atoms with Gasteiger partial charge in [-0.05, 0) is 17.7 Å². The second-order valence-electron chi connectivity index (χ2n) is 3.24. The highest BCUT2D eigenvalue weighted by atomic mass is 19.4. The predicted molar refractivity (Wildman–Crippen MR) is 52.1 cm³/mol. The number of halogens is 3. The van der Waals surface area contributed by atoms with Gasteiger partial charge in [-0.2, -0.15) is 23.7 Å². The third kappa shape index (κ3) is 2.55. The third-order valence-electron chi connectivity index (χ3n) is 2.06. The molecule has 0 saturated carbocycles. The molecule has 18 heavy (non-hydrogen) atoms. The average molecular weight is 255 g/mol. The Balaban J connectivity index is 3.65. The Kier molecular flexibility index (Phi) is 3.53. The fraction of sp³-hybridized carbons (Fsp3) is 0.200. The summed E-state index contributed by atoms with van der Waals surface area (Å²) in [5, 5.41) is 27.7. The van der Waals surface area contributed by atoms with Crippen molar-refractivity contribution >= 4 is 5.69 Å². The van der Waals surface area contributed by atoms with Gasteiger partial charge in [0.25, 0.3) is 5.69 Å². The Labute approximate surface area is 98.8 Å². The van der Waals surface area contributed by atoms with Crippen molar-refractivity contribution in [2.45, 2.75) is 12.6 Å². The molecule has 0 aromatic heterocycles. The molecular weight excluding hydrogens is 251 g/mol. The van der Waals surface area contributed by atoms with Gasteiger partial charge in [-0.1, -0.05) is 0 Å². The lowest BCUT2D eigenvalue weighted by Gasteiger charge is -2.09. The minimum Gasteiger partial charge on any atom is -0.258 e. The van der Waals surface area contributed by atoms with Crippen molar-refractivity contribution in [3.8, 4) is 12.1 Å². The number of rotatable bonds is 2. The van der Waals surface area contributed by atoms with E-state index in [9.17, 15) is 23.3 Å². The van der Waals surface area contributed by atoms with Crippen LogP contribution < -0.4 is 0 Å². The summed E-state index contributed by atoms with van der Waals surface area (Å²) in [5.41, 5.74) is -3.60. The predicted octanol–water partition coefficient (Wildman–Crippen LogP) is 2.55. The van der Waals surface area contributed by atoms with Crippen molar-refractivity contribution in [1.29, 1.82) is 10.5 Å². The second-order valence-corrected chi connectivity index (χ2v) is 3.24. The van der Waals surface area contributed by atoms with E-state index in [1.807, 2.05) is 0 Å². The molecule has 0 bridgehead atoms. The van der Waals surface area contributed by atoms with Gasteiger partial charge in [0.05, 0.1) is 17.4 Å². The van der Waals surface area contributed by atoms with Gasteiger partial charge in [0.2, 0.25) is 0 Å². The average Bonchev–Trinajstić information content (AvgIpc) is 2.26. The number of hydrogen-bond acceptors (Lipinski definition) is 4. The lowest BCUT2D eigenvalue weighted by Crippen LogP contribution is -2.11. The van der Waals surface area contributed by atoms with Crippen molar-refractivity contribution in [2.75, 3.05) is 0 Å². The number of hydrogen-bond donors (Lipinski definition) is 0. The normalized spacial score (nSPS) is 10.5. The first-order valence-corrected chi connectivity index (χ1v) is 4.46. The van der Waals surface area contributed by atoms with Gasteiger partial charge >= 0.3 is 6.18 Å². The van der Waals surface area contributed by atoms with Gasteiger partial charge in [0, 0.05) is 0 Å². The zero-order valence-corrected chi connectivity index (χ0v) is 8.65. The minimum absolute atomic E-state index is 0.0908. The van der Waals surface area contributed by atoms with E-state index in [1.54, 1.807) is 6.07 Å². The maximum Gasteiger partial charge on any atom is 0.423 e. The van der Waals surface area contributed by atoms with E-state index in [1.165, 1.54) is 6.07 Å². The first-order chi connectivity index (χ1) is 8.31. The summed E-state index contributed by atoms with van der Waals surface area (Å²) in [7, 11) is 0. The smallest absolute Gasteiger partial charge is 0.258 e. The number of benzene rings is 1. The molecule has 5 nitrogen and oxygen atoms in total. The van der Waals surface area contributed by atoms with Crippen LogP contribution in [-0.2, 0) is 12.6 Å². The molecule has 0 N–H and O–H groups in total. The molecule has 1 aromatic carbocycles. The van der Waals surface area contributed by atoms with E-state index in [0.29, 0.717) is 6.07 Å². The van der Waals surface area contributed by atoms with E-state index in [0.717, 1.165) is 6.07 Å². The topological polar surface area (TPSA) is 90.7 Å². The summed E-state index contributed by atoms with van der Waals surface area (Å²) >= 11 is 0. The van der Waals surface area contributed by atoms with Crippen LogP contribution in [0.25, 0.3) is 0 Å². The Hall–Kier alpha value is -2.61. The van der Waals surface area contributed by atoms with Crippen molar-refractivity contribution in [2.24, 2.45) is 0 Å². The fourth-order valence-corrected chi connectivity index (χ4v) is 1.39. The van der Waals surface area contributed by atoms with Crippen molar-refractivity contribution in [1.82, 2.24) is 0 Å². The van der Waals surface area contributed by atoms with E-state index in [-0.39, 0.29) is 12.0 Å². The Morgan fingerprint density at radius 3 is 2.33 bits per heavy atom. The highest BCUT2D eigenvalue weighted by molar-refractivity contribution is 5.57. The quantitative estimate of drug-likeness (QED) is 0.599. The lowest BCUT2D eigenvalue weighted by atomic mass is 10.0. The molecule has 92 valence electrons. The zero-order valence-electron chi connectivity index (χ0n) is 8.65. The van der Waals surface area contributed by atoms with E-state index in [4.69, 9.17) is 10.5 Å². The van der Waals surface area contributed by atoms with Crippen LogP contribution in [0.4, 0.5) is 18.9 Å². The standard InChI is InChI=1S/C10H4F3N3O2/c11-10(12,13)8-4-6(1-2-14)3-7(5-15)9(8)16(17)18/h3-4H,1H2. The van der Waals surface area contributed by atoms with Crippen molar-refractivity contribution in [3.63, 3.8) is 0 Å². The lowest BCUT2D eigenvalue weighted by molar-refractivity contribution is -0.388. The summed E-state index contributed by atoms with van der Waals surface area (Å²) in [5.74, 6) is 0. The molecular formula is C10H4F3N3O2. The van der Waals surface area contributed by atoms with Crippen LogP contribution >= 0.6 is 0 Å². The molecule has 0 aliphatic carbocycles. The molecule has 0 amide bonds. The maximum absolute atomic E-state index is 12.6. The third-order valence-corrected chi connectivity index (χ3v) is 2.06. The van der Waals surface area contributed by atoms with Crippen LogP contribution in [0.2, 0.25) is 0 Å². The highest BCUT2D eigenvalue weighted by Gasteiger charge is 2.40. The van der Waals surface area contributed by atoms with E-state index < -0.39 is 27.9 Å². The molecule has 0 radical (unpaired) electrons. The number of nitriles is 2. The number of nitrogens with zero attached hydrogens (tertiary/aromatic N) is 3. The molecule has 1 rings (SSSR count). The van der Waals surface area contributed by atoms with Gasteiger partial charge in [0.15, 0.2) is 0 Å². The van der Waals surface area contributed by atoms with Gasteiger partial charge in [0.1, 0.15) is 17.2 Å². The molecule has 0 fully saturated rings. The Morgan fingerprint density at radius 1 is 1.33 bits per heavy atom. The van der Waals surface area contributed by atoms with Crippen molar-refractivity contribution in [3.05, 3.63) is 38.9 Å². The fourth-order valence-electron chi connectivity index (χ4n) is 1.39. The van der Waals surface area contributed by atoms with Crippen molar-refractivity contribution < 1.29 is 18.1 Å². The van der Waals surface area contributed by atoms with Gasteiger partial charge in [-0.25, -0.2) is 0 Å². The van der Waals surface area contributed by atoms with Crippen LogP contribution in [0.3, 0.4) is 0 Å². The number of alkyl halides is 3. The molecule has 0 aliphatic heterocycles. The zero-order chi connectivity index (χ0) is 13.9. The molecule has 8 heteroatoms. The summed E-state index contributed by atoms with van der Waals surface area (Å²) in [4.78, 5) is 9.35. The first-order valence-electron chi connectivity index (χ1n) is 4.46. The van der Waals surface area contributed by atoms with Crippen LogP contribution in [0.5, 0.6) is 0 Å². The molecule has 1 aromatic rings. The summed E-state index contributed by atoms with van der Waals surface area (Å²) in [6.45, 7) is 0. The first kappa shape index (κ1) is 13.5. The molecule has 0 heterocycles. The summed E-state index contributed by atoms with van der Waals surface area (Å²) < 4.78 is 37.9. The molecule has 0 aliphatic rings. The van der Waals surface area contributed by atoms with Gasteiger partial charge in [-0.15, -0.1) is 0 Å². The molecule has 0 unspecified atom stereocenters. The van der Waals surface area contributed by atoms with E-state index >= 15 is 0 Å². The maximum atomic E-state index is 12.6. The largest absolute Gasteiger partial charge is 0.423 e. The number of nitro groups is 1. The summed E-state index contributed by atoms with van der Waals surface area (Å²) in [6, 6.07) is 4.38. The molecule has 0 spiro atoms. The van der Waals surface area contributed by atoms with Crippen LogP contribution in [0, 0.1) is 32.8 Å². The van der Waals surface area contributed by atoms with Crippen LogP contribution in [0.15, 0.2) is 12.1 Å². The summed E-state index contributed by atoms with van der Waals surface area (Å²) in [6.07, 6.45) is -5.32. The van der Waals surface area contributed by atoms with Gasteiger partial charge < -0.3 is 0 Å². The second kappa shape index (κ2) is 4.72. The highest BCUT2D eigenvalue weighted by Crippen LogP contribution is 2.38. The monoisotopic (exact) mass is 255 g/mol. The Morgan fingerprint density at radius 2 is 1.94 bits per heavy atom. The number of nitro benzene ring substituents is 1.